The number of nitrogens with one attached hydrogen (secondary N) is 1. The molecule has 1 heterocycles. The zero-order valence-corrected chi connectivity index (χ0v) is 13.2. The lowest BCUT2D eigenvalue weighted by Gasteiger charge is -2.27. The van der Waals surface area contributed by atoms with Gasteiger partial charge in [0.1, 0.15) is 6.10 Å². The molecule has 2 aliphatic carbocycles. The number of benzene rings is 1. The van der Waals surface area contributed by atoms with Crippen LogP contribution in [-0.2, 0) is 14.3 Å². The van der Waals surface area contributed by atoms with Gasteiger partial charge in [0.05, 0.1) is 16.7 Å². The number of ether oxygens (including phenoxy) is 1. The molecule has 6 atom stereocenters. The Balaban J connectivity index is 1.57. The standard InChI is InChI=1S/C16H16BrNO3/c1-7-2-4-8(5-3-7)18-15(19)11-9-6-10-12(11)16(20)21-14(10)13(9)17/h2-5,9-14H,6H2,1H3,(H,18,19)/t9-,10+,11-,12+,13-,14+/m1/s1. The third kappa shape index (κ3) is 1.86. The van der Waals surface area contributed by atoms with Crippen LogP contribution in [0.3, 0.4) is 0 Å². The number of halogens is 1. The highest BCUT2D eigenvalue weighted by Crippen LogP contribution is 2.60. The van der Waals surface area contributed by atoms with E-state index in [0.29, 0.717) is 0 Å². The molecule has 3 aliphatic rings. The second-order valence-electron chi connectivity index (χ2n) is 6.32. The minimum absolute atomic E-state index is 0.0316. The summed E-state index contributed by atoms with van der Waals surface area (Å²) in [6, 6.07) is 7.71. The molecule has 5 heteroatoms. The summed E-state index contributed by atoms with van der Waals surface area (Å²) in [6.45, 7) is 2.01. The minimum atomic E-state index is -0.271. The van der Waals surface area contributed by atoms with Gasteiger partial charge in [-0.15, -0.1) is 0 Å². The van der Waals surface area contributed by atoms with Gasteiger partial charge in [0.2, 0.25) is 5.91 Å². The summed E-state index contributed by atoms with van der Waals surface area (Å²) in [5, 5.41) is 2.95. The highest BCUT2D eigenvalue weighted by atomic mass is 79.9. The molecule has 0 radical (unpaired) electrons. The van der Waals surface area contributed by atoms with Crippen LogP contribution in [0.4, 0.5) is 5.69 Å². The van der Waals surface area contributed by atoms with E-state index in [1.165, 1.54) is 0 Å². The number of carbonyl (C=O) groups excluding carboxylic acids is 2. The number of aryl methyl sites for hydroxylation is 1. The van der Waals surface area contributed by atoms with E-state index in [4.69, 9.17) is 4.74 Å². The fourth-order valence-corrected chi connectivity index (χ4v) is 5.24. The van der Waals surface area contributed by atoms with Crippen LogP contribution in [0, 0.1) is 30.6 Å². The summed E-state index contributed by atoms with van der Waals surface area (Å²) in [6.07, 6.45) is 0.874. The van der Waals surface area contributed by atoms with Crippen LogP contribution in [0.15, 0.2) is 24.3 Å². The van der Waals surface area contributed by atoms with Crippen LogP contribution in [0.25, 0.3) is 0 Å². The van der Waals surface area contributed by atoms with E-state index in [1.54, 1.807) is 0 Å². The number of amides is 1. The molecule has 0 spiro atoms. The summed E-state index contributed by atoms with van der Waals surface area (Å²) in [5.74, 6) is -0.370. The van der Waals surface area contributed by atoms with Gasteiger partial charge in [0.15, 0.2) is 0 Å². The number of alkyl halides is 1. The zero-order chi connectivity index (χ0) is 14.7. The topological polar surface area (TPSA) is 55.4 Å². The Morgan fingerprint density at radius 1 is 1.29 bits per heavy atom. The monoisotopic (exact) mass is 349 g/mol. The molecular formula is C16H16BrNO3. The first kappa shape index (κ1) is 13.3. The number of rotatable bonds is 2. The molecule has 1 amide bonds. The number of anilines is 1. The molecule has 1 aliphatic heterocycles. The highest BCUT2D eigenvalue weighted by molar-refractivity contribution is 9.09. The van der Waals surface area contributed by atoms with E-state index in [2.05, 4.69) is 21.2 Å². The molecule has 1 saturated heterocycles. The molecule has 21 heavy (non-hydrogen) atoms. The van der Waals surface area contributed by atoms with Crippen LogP contribution >= 0.6 is 15.9 Å². The SMILES string of the molecule is Cc1ccc(NC(=O)[C@@H]2[C@H]3C[C@@H]4[C@H](OC(=O)[C@@H]42)[C@@H]3Br)cc1. The Bertz CT molecular complexity index is 614. The Kier molecular flexibility index (Phi) is 2.89. The van der Waals surface area contributed by atoms with Crippen molar-refractivity contribution in [3.05, 3.63) is 29.8 Å². The summed E-state index contributed by atoms with van der Waals surface area (Å²) in [7, 11) is 0. The lowest BCUT2D eigenvalue weighted by molar-refractivity contribution is -0.145. The van der Waals surface area contributed by atoms with Gasteiger partial charge in [0, 0.05) is 11.6 Å². The molecular weight excluding hydrogens is 334 g/mol. The average molecular weight is 350 g/mol. The van der Waals surface area contributed by atoms with Crippen LogP contribution < -0.4 is 5.32 Å². The van der Waals surface area contributed by atoms with Crippen LogP contribution in [-0.4, -0.2) is 22.8 Å². The van der Waals surface area contributed by atoms with Gasteiger partial charge < -0.3 is 10.1 Å². The van der Waals surface area contributed by atoms with Crippen molar-refractivity contribution in [1.29, 1.82) is 0 Å². The van der Waals surface area contributed by atoms with Crippen molar-refractivity contribution in [3.8, 4) is 0 Å². The number of fused-ring (bicyclic) bond motifs is 1. The molecule has 110 valence electrons. The molecule has 0 unspecified atom stereocenters. The second kappa shape index (κ2) is 4.57. The molecule has 1 N–H and O–H groups in total. The fraction of sp³-hybridized carbons (Fsp3) is 0.500. The lowest BCUT2D eigenvalue weighted by Crippen LogP contribution is -2.40. The van der Waals surface area contributed by atoms with Crippen molar-refractivity contribution in [3.63, 3.8) is 0 Å². The smallest absolute Gasteiger partial charge is 0.310 e. The molecule has 4 nitrogen and oxygen atoms in total. The number of carbonyl (C=O) groups is 2. The van der Waals surface area contributed by atoms with Gasteiger partial charge in [0.25, 0.3) is 0 Å². The zero-order valence-electron chi connectivity index (χ0n) is 11.6. The lowest BCUT2D eigenvalue weighted by atomic mass is 9.79. The first-order valence-corrected chi connectivity index (χ1v) is 8.20. The molecule has 1 aromatic carbocycles. The number of hydrogen-bond acceptors (Lipinski definition) is 3. The molecule has 0 aromatic heterocycles. The van der Waals surface area contributed by atoms with Crippen molar-refractivity contribution in [2.45, 2.75) is 24.3 Å². The number of hydrogen-bond donors (Lipinski definition) is 1. The van der Waals surface area contributed by atoms with Gasteiger partial charge in [-0.25, -0.2) is 0 Å². The van der Waals surface area contributed by atoms with Gasteiger partial charge >= 0.3 is 5.97 Å². The Hall–Kier alpha value is -1.36. The van der Waals surface area contributed by atoms with Crippen molar-refractivity contribution >= 4 is 33.5 Å². The third-order valence-corrected chi connectivity index (χ3v) is 6.34. The van der Waals surface area contributed by atoms with Crippen molar-refractivity contribution in [1.82, 2.24) is 0 Å². The maximum absolute atomic E-state index is 12.6. The summed E-state index contributed by atoms with van der Waals surface area (Å²) in [5.41, 5.74) is 1.93. The van der Waals surface area contributed by atoms with Gasteiger partial charge in [-0.05, 0) is 31.4 Å². The first-order chi connectivity index (χ1) is 10.1. The van der Waals surface area contributed by atoms with Crippen molar-refractivity contribution in [2.75, 3.05) is 5.32 Å². The third-order valence-electron chi connectivity index (χ3n) is 5.14. The summed E-state index contributed by atoms with van der Waals surface area (Å²) < 4.78 is 5.43. The Morgan fingerprint density at radius 2 is 2.00 bits per heavy atom. The molecule has 1 aromatic rings. The Labute approximate surface area is 131 Å². The molecule has 2 bridgehead atoms. The van der Waals surface area contributed by atoms with E-state index in [-0.39, 0.29) is 46.5 Å². The molecule has 3 fully saturated rings. The normalized spacial score (nSPS) is 39.4. The van der Waals surface area contributed by atoms with E-state index in [1.807, 2.05) is 31.2 Å². The van der Waals surface area contributed by atoms with E-state index >= 15 is 0 Å². The summed E-state index contributed by atoms with van der Waals surface area (Å²) >= 11 is 3.62. The van der Waals surface area contributed by atoms with Crippen molar-refractivity contribution < 1.29 is 14.3 Å². The van der Waals surface area contributed by atoms with Gasteiger partial charge in [-0.2, -0.15) is 0 Å². The first-order valence-electron chi connectivity index (χ1n) is 7.28. The quantitative estimate of drug-likeness (QED) is 0.659. The van der Waals surface area contributed by atoms with E-state index in [9.17, 15) is 9.59 Å². The van der Waals surface area contributed by atoms with Crippen LogP contribution in [0.2, 0.25) is 0 Å². The maximum Gasteiger partial charge on any atom is 0.310 e. The molecule has 4 rings (SSSR count). The van der Waals surface area contributed by atoms with E-state index < -0.39 is 0 Å². The van der Waals surface area contributed by atoms with Gasteiger partial charge in [-0.3, -0.25) is 9.59 Å². The number of esters is 1. The van der Waals surface area contributed by atoms with Crippen LogP contribution in [0.1, 0.15) is 12.0 Å². The van der Waals surface area contributed by atoms with Crippen LogP contribution in [0.5, 0.6) is 0 Å². The fourth-order valence-electron chi connectivity index (χ4n) is 4.19. The second-order valence-corrected chi connectivity index (χ2v) is 7.37. The Morgan fingerprint density at radius 3 is 2.71 bits per heavy atom. The minimum Gasteiger partial charge on any atom is -0.461 e. The van der Waals surface area contributed by atoms with E-state index in [0.717, 1.165) is 17.7 Å². The highest BCUT2D eigenvalue weighted by Gasteiger charge is 2.67. The predicted octanol–water partition coefficient (Wildman–Crippen LogP) is 2.50. The largest absolute Gasteiger partial charge is 0.461 e. The molecule has 2 saturated carbocycles. The average Bonchev–Trinajstić information content (AvgIpc) is 3.05. The van der Waals surface area contributed by atoms with Gasteiger partial charge in [-0.1, -0.05) is 33.6 Å². The predicted molar refractivity (Wildman–Crippen MR) is 81.0 cm³/mol. The van der Waals surface area contributed by atoms with Crippen molar-refractivity contribution in [2.24, 2.45) is 23.7 Å². The summed E-state index contributed by atoms with van der Waals surface area (Å²) in [4.78, 5) is 24.8. The maximum atomic E-state index is 12.6.